The third kappa shape index (κ3) is 3.65. The summed E-state index contributed by atoms with van der Waals surface area (Å²) in [6, 6.07) is 10.2. The molecule has 0 unspecified atom stereocenters. The summed E-state index contributed by atoms with van der Waals surface area (Å²) in [5.74, 6) is 0.948. The van der Waals surface area contributed by atoms with Crippen LogP contribution in [0.2, 0.25) is 0 Å². The van der Waals surface area contributed by atoms with Gasteiger partial charge in [0, 0.05) is 23.0 Å². The molecule has 0 aliphatic carbocycles. The molecular weight excluding hydrogens is 303 g/mol. The molecule has 6 heteroatoms. The van der Waals surface area contributed by atoms with E-state index in [1.165, 1.54) is 6.07 Å². The van der Waals surface area contributed by atoms with E-state index < -0.39 is 0 Å². The van der Waals surface area contributed by atoms with Gasteiger partial charge in [-0.25, -0.2) is 4.39 Å². The van der Waals surface area contributed by atoms with Crippen LogP contribution in [0.4, 0.5) is 15.8 Å². The van der Waals surface area contributed by atoms with Crippen LogP contribution >= 0.6 is 12.2 Å². The van der Waals surface area contributed by atoms with Crippen LogP contribution in [-0.2, 0) is 0 Å². The van der Waals surface area contributed by atoms with Gasteiger partial charge in [-0.1, -0.05) is 6.07 Å². The minimum atomic E-state index is -0.279. The maximum absolute atomic E-state index is 13.5. The van der Waals surface area contributed by atoms with Crippen molar-refractivity contribution in [1.82, 2.24) is 0 Å². The fourth-order valence-corrected chi connectivity index (χ4v) is 2.17. The van der Waals surface area contributed by atoms with Gasteiger partial charge in [0.2, 0.25) is 0 Å². The van der Waals surface area contributed by atoms with Crippen LogP contribution in [0.1, 0.15) is 5.56 Å². The number of hydrogen-bond acceptors (Lipinski definition) is 3. The number of methoxy groups -OCH3 is 2. The monoisotopic (exact) mass is 320 g/mol. The molecule has 0 aliphatic rings. The van der Waals surface area contributed by atoms with Crippen molar-refractivity contribution in [3.05, 3.63) is 47.8 Å². The molecule has 2 rings (SSSR count). The van der Waals surface area contributed by atoms with Crippen molar-refractivity contribution in [2.24, 2.45) is 0 Å². The topological polar surface area (TPSA) is 42.5 Å². The highest BCUT2D eigenvalue weighted by Crippen LogP contribution is 2.29. The molecule has 0 fully saturated rings. The number of hydrogen-bond donors (Lipinski definition) is 2. The van der Waals surface area contributed by atoms with E-state index in [-0.39, 0.29) is 5.82 Å². The highest BCUT2D eigenvalue weighted by atomic mass is 32.1. The predicted octanol–water partition coefficient (Wildman–Crippen LogP) is 3.96. The number of nitrogens with one attached hydrogen (secondary N) is 2. The average Bonchev–Trinajstić information content (AvgIpc) is 2.51. The first-order valence-corrected chi connectivity index (χ1v) is 7.01. The Morgan fingerprint density at radius 1 is 1.05 bits per heavy atom. The molecule has 0 spiro atoms. The molecule has 2 aromatic rings. The Hall–Kier alpha value is -2.34. The van der Waals surface area contributed by atoms with Gasteiger partial charge < -0.3 is 20.1 Å². The summed E-state index contributed by atoms with van der Waals surface area (Å²) in [6.07, 6.45) is 0. The molecule has 0 amide bonds. The molecule has 0 radical (unpaired) electrons. The minimum Gasteiger partial charge on any atom is -0.493 e. The highest BCUT2D eigenvalue weighted by molar-refractivity contribution is 7.80. The SMILES string of the molecule is COc1ccc(NC(=S)Nc2cccc(F)c2C)cc1OC. The lowest BCUT2D eigenvalue weighted by Gasteiger charge is -2.14. The van der Waals surface area contributed by atoms with Crippen molar-refractivity contribution in [3.8, 4) is 11.5 Å². The summed E-state index contributed by atoms with van der Waals surface area (Å²) in [7, 11) is 3.14. The fourth-order valence-electron chi connectivity index (χ4n) is 1.94. The first-order chi connectivity index (χ1) is 10.5. The van der Waals surface area contributed by atoms with Gasteiger partial charge in [0.05, 0.1) is 14.2 Å². The lowest BCUT2D eigenvalue weighted by atomic mass is 10.2. The van der Waals surface area contributed by atoms with Crippen molar-refractivity contribution in [1.29, 1.82) is 0 Å². The molecule has 4 nitrogen and oxygen atoms in total. The van der Waals surface area contributed by atoms with Crippen LogP contribution in [0.3, 0.4) is 0 Å². The molecule has 116 valence electrons. The van der Waals surface area contributed by atoms with Crippen LogP contribution in [0.25, 0.3) is 0 Å². The summed E-state index contributed by atoms with van der Waals surface area (Å²) in [6.45, 7) is 1.69. The molecule has 0 aromatic heterocycles. The van der Waals surface area contributed by atoms with Crippen LogP contribution in [0, 0.1) is 12.7 Å². The van der Waals surface area contributed by atoms with E-state index in [0.717, 1.165) is 5.69 Å². The highest BCUT2D eigenvalue weighted by Gasteiger charge is 2.08. The first kappa shape index (κ1) is 16.0. The van der Waals surface area contributed by atoms with Crippen LogP contribution in [0.5, 0.6) is 11.5 Å². The Morgan fingerprint density at radius 3 is 2.45 bits per heavy atom. The maximum Gasteiger partial charge on any atom is 0.175 e. The Morgan fingerprint density at radius 2 is 1.77 bits per heavy atom. The number of benzene rings is 2. The molecule has 0 saturated heterocycles. The zero-order valence-corrected chi connectivity index (χ0v) is 13.4. The summed E-state index contributed by atoms with van der Waals surface area (Å²) in [5, 5.41) is 6.36. The van der Waals surface area contributed by atoms with Crippen molar-refractivity contribution in [2.75, 3.05) is 24.9 Å². The van der Waals surface area contributed by atoms with Crippen LogP contribution in [0.15, 0.2) is 36.4 Å². The van der Waals surface area contributed by atoms with Crippen LogP contribution < -0.4 is 20.1 Å². The van der Waals surface area contributed by atoms with Gasteiger partial charge in [-0.2, -0.15) is 0 Å². The Bertz CT molecular complexity index is 692. The van der Waals surface area contributed by atoms with Gasteiger partial charge in [-0.15, -0.1) is 0 Å². The third-order valence-corrected chi connectivity index (χ3v) is 3.36. The second-order valence-corrected chi connectivity index (χ2v) is 4.97. The van der Waals surface area contributed by atoms with Crippen molar-refractivity contribution in [3.63, 3.8) is 0 Å². The Labute approximate surface area is 134 Å². The lowest BCUT2D eigenvalue weighted by Crippen LogP contribution is -2.19. The number of halogens is 1. The molecule has 0 heterocycles. The quantitative estimate of drug-likeness (QED) is 0.835. The van der Waals surface area contributed by atoms with E-state index in [1.54, 1.807) is 45.4 Å². The van der Waals surface area contributed by atoms with Crippen molar-refractivity contribution in [2.45, 2.75) is 6.92 Å². The van der Waals surface area contributed by atoms with Gasteiger partial charge in [0.25, 0.3) is 0 Å². The van der Waals surface area contributed by atoms with E-state index in [0.29, 0.717) is 27.9 Å². The van der Waals surface area contributed by atoms with Gasteiger partial charge in [0.1, 0.15) is 5.82 Å². The van der Waals surface area contributed by atoms with Gasteiger partial charge in [-0.05, 0) is 43.4 Å². The third-order valence-electron chi connectivity index (χ3n) is 3.16. The zero-order chi connectivity index (χ0) is 16.1. The van der Waals surface area contributed by atoms with E-state index in [1.807, 2.05) is 6.07 Å². The van der Waals surface area contributed by atoms with Gasteiger partial charge in [0.15, 0.2) is 16.6 Å². The molecule has 2 N–H and O–H groups in total. The molecule has 0 aliphatic heterocycles. The van der Waals surface area contributed by atoms with E-state index >= 15 is 0 Å². The van der Waals surface area contributed by atoms with Crippen molar-refractivity contribution >= 4 is 28.7 Å². The number of ether oxygens (including phenoxy) is 2. The number of thiocarbonyl (C=S) groups is 1. The lowest BCUT2D eigenvalue weighted by molar-refractivity contribution is 0.355. The van der Waals surface area contributed by atoms with E-state index in [2.05, 4.69) is 10.6 Å². The Kier molecular flexibility index (Phi) is 5.16. The Balaban J connectivity index is 2.10. The average molecular weight is 320 g/mol. The van der Waals surface area contributed by atoms with Crippen LogP contribution in [-0.4, -0.2) is 19.3 Å². The number of rotatable bonds is 4. The molecule has 22 heavy (non-hydrogen) atoms. The summed E-state index contributed by atoms with van der Waals surface area (Å²) in [5.41, 5.74) is 1.88. The van der Waals surface area contributed by atoms with Gasteiger partial charge >= 0.3 is 0 Å². The van der Waals surface area contributed by atoms with E-state index in [9.17, 15) is 4.39 Å². The fraction of sp³-hybridized carbons (Fsp3) is 0.188. The summed E-state index contributed by atoms with van der Waals surface area (Å²) in [4.78, 5) is 0. The zero-order valence-electron chi connectivity index (χ0n) is 12.6. The van der Waals surface area contributed by atoms with Gasteiger partial charge in [-0.3, -0.25) is 0 Å². The summed E-state index contributed by atoms with van der Waals surface area (Å²) >= 11 is 5.24. The van der Waals surface area contributed by atoms with Crippen molar-refractivity contribution < 1.29 is 13.9 Å². The largest absolute Gasteiger partial charge is 0.493 e. The molecule has 2 aromatic carbocycles. The minimum absolute atomic E-state index is 0.279. The molecular formula is C16H17FN2O2S. The number of anilines is 2. The first-order valence-electron chi connectivity index (χ1n) is 6.60. The maximum atomic E-state index is 13.5. The van der Waals surface area contributed by atoms with E-state index in [4.69, 9.17) is 21.7 Å². The molecule has 0 atom stereocenters. The smallest absolute Gasteiger partial charge is 0.175 e. The summed E-state index contributed by atoms with van der Waals surface area (Å²) < 4.78 is 23.9. The second-order valence-electron chi connectivity index (χ2n) is 4.56. The molecule has 0 bridgehead atoms. The molecule has 0 saturated carbocycles. The standard InChI is InChI=1S/C16H17FN2O2S/c1-10-12(17)5-4-6-13(10)19-16(22)18-11-7-8-14(20-2)15(9-11)21-3/h4-9H,1-3H3,(H2,18,19,22). The predicted molar refractivity (Wildman–Crippen MR) is 90.5 cm³/mol. The normalized spacial score (nSPS) is 10.0. The second kappa shape index (κ2) is 7.09.